The minimum atomic E-state index is -4.44. The smallest absolute Gasteiger partial charge is 0.416 e. The van der Waals surface area contributed by atoms with Gasteiger partial charge in [-0.1, -0.05) is 42.0 Å². The van der Waals surface area contributed by atoms with Crippen molar-refractivity contribution in [2.24, 2.45) is 0 Å². The lowest BCUT2D eigenvalue weighted by molar-refractivity contribution is -0.142. The molecule has 1 atom stereocenters. The molecule has 7 heteroatoms. The molecule has 4 nitrogen and oxygen atoms in total. The molecule has 25 heavy (non-hydrogen) atoms. The van der Waals surface area contributed by atoms with Crippen molar-refractivity contribution in [3.05, 3.63) is 70.8 Å². The number of amides is 1. The van der Waals surface area contributed by atoms with E-state index in [9.17, 15) is 27.9 Å². The highest BCUT2D eigenvalue weighted by atomic mass is 19.4. The van der Waals surface area contributed by atoms with Gasteiger partial charge >= 0.3 is 12.1 Å². The average molecular weight is 351 g/mol. The van der Waals surface area contributed by atoms with Crippen LogP contribution in [0.15, 0.2) is 48.5 Å². The summed E-state index contributed by atoms with van der Waals surface area (Å²) in [7, 11) is 0. The number of carboxylic acid groups (broad SMARTS) is 1. The van der Waals surface area contributed by atoms with Crippen LogP contribution in [0.3, 0.4) is 0 Å². The Bertz CT molecular complexity index is 770. The third kappa shape index (κ3) is 5.07. The number of alkyl halides is 3. The lowest BCUT2D eigenvalue weighted by Gasteiger charge is -2.15. The summed E-state index contributed by atoms with van der Waals surface area (Å²) in [6.45, 7) is 1.80. The Morgan fingerprint density at radius 1 is 1.12 bits per heavy atom. The van der Waals surface area contributed by atoms with Crippen molar-refractivity contribution in [2.75, 3.05) is 0 Å². The van der Waals surface area contributed by atoms with Gasteiger partial charge in [-0.15, -0.1) is 0 Å². The van der Waals surface area contributed by atoms with Crippen molar-refractivity contribution in [1.82, 2.24) is 5.32 Å². The third-order valence-electron chi connectivity index (χ3n) is 3.57. The minimum absolute atomic E-state index is 0.215. The second-order valence-corrected chi connectivity index (χ2v) is 5.62. The second-order valence-electron chi connectivity index (χ2n) is 5.62. The lowest BCUT2D eigenvalue weighted by Crippen LogP contribution is -2.34. The molecular weight excluding hydrogens is 335 g/mol. The number of carbonyl (C=O) groups excluding carboxylic acids is 1. The topological polar surface area (TPSA) is 66.4 Å². The van der Waals surface area contributed by atoms with Gasteiger partial charge in [-0.05, 0) is 30.2 Å². The number of hydrogen-bond acceptors (Lipinski definition) is 2. The van der Waals surface area contributed by atoms with E-state index in [1.807, 2.05) is 0 Å². The zero-order chi connectivity index (χ0) is 18.6. The van der Waals surface area contributed by atoms with Gasteiger partial charge in [0.15, 0.2) is 6.04 Å². The third-order valence-corrected chi connectivity index (χ3v) is 3.57. The first-order chi connectivity index (χ1) is 11.7. The number of nitrogens with one attached hydrogen (secondary N) is 1. The van der Waals surface area contributed by atoms with Gasteiger partial charge in [0.05, 0.1) is 12.0 Å². The zero-order valence-electron chi connectivity index (χ0n) is 13.3. The fourth-order valence-corrected chi connectivity index (χ4v) is 2.35. The molecule has 0 aliphatic rings. The summed E-state index contributed by atoms with van der Waals surface area (Å²) in [4.78, 5) is 23.5. The van der Waals surface area contributed by atoms with Gasteiger partial charge in [0.2, 0.25) is 5.91 Å². The maximum atomic E-state index is 12.5. The van der Waals surface area contributed by atoms with Crippen LogP contribution in [-0.2, 0) is 22.2 Å². The van der Waals surface area contributed by atoms with E-state index in [4.69, 9.17) is 0 Å². The molecule has 0 aromatic heterocycles. The van der Waals surface area contributed by atoms with E-state index in [-0.39, 0.29) is 6.42 Å². The van der Waals surface area contributed by atoms with Gasteiger partial charge in [0.1, 0.15) is 0 Å². The van der Waals surface area contributed by atoms with Crippen LogP contribution < -0.4 is 5.32 Å². The molecule has 2 aromatic rings. The fraction of sp³-hybridized carbons (Fsp3) is 0.222. The van der Waals surface area contributed by atoms with E-state index in [2.05, 4.69) is 5.32 Å². The number of benzene rings is 2. The van der Waals surface area contributed by atoms with E-state index < -0.39 is 29.7 Å². The summed E-state index contributed by atoms with van der Waals surface area (Å²) in [6.07, 6.45) is -4.66. The zero-order valence-corrected chi connectivity index (χ0v) is 13.3. The minimum Gasteiger partial charge on any atom is -0.479 e. The molecule has 0 spiro atoms. The monoisotopic (exact) mass is 351 g/mol. The number of carboxylic acids is 1. The quantitative estimate of drug-likeness (QED) is 0.866. The Kier molecular flexibility index (Phi) is 5.46. The van der Waals surface area contributed by atoms with E-state index >= 15 is 0 Å². The molecule has 2 N–H and O–H groups in total. The molecule has 0 saturated carbocycles. The summed E-state index contributed by atoms with van der Waals surface area (Å²) >= 11 is 0. The maximum absolute atomic E-state index is 12.5. The molecule has 0 bridgehead atoms. The Morgan fingerprint density at radius 3 is 2.28 bits per heavy atom. The second kappa shape index (κ2) is 7.38. The van der Waals surface area contributed by atoms with Crippen molar-refractivity contribution in [2.45, 2.75) is 25.6 Å². The van der Waals surface area contributed by atoms with Crippen LogP contribution in [0.2, 0.25) is 0 Å². The normalized spacial score (nSPS) is 12.5. The molecule has 0 radical (unpaired) electrons. The predicted molar refractivity (Wildman–Crippen MR) is 84.8 cm³/mol. The molecule has 1 unspecified atom stereocenters. The van der Waals surface area contributed by atoms with Gasteiger partial charge in [0, 0.05) is 0 Å². The molecule has 2 aromatic carbocycles. The van der Waals surface area contributed by atoms with Crippen molar-refractivity contribution < 1.29 is 27.9 Å². The Labute approximate surface area is 142 Å². The summed E-state index contributed by atoms with van der Waals surface area (Å²) in [5.74, 6) is -1.81. The van der Waals surface area contributed by atoms with Crippen LogP contribution in [0.1, 0.15) is 28.3 Å². The molecule has 132 valence electrons. The van der Waals surface area contributed by atoms with Crippen molar-refractivity contribution in [3.63, 3.8) is 0 Å². The number of aryl methyl sites for hydroxylation is 1. The van der Waals surface area contributed by atoms with E-state index in [0.29, 0.717) is 11.1 Å². The SMILES string of the molecule is Cc1cccc(C(NC(=O)Cc2ccc(C(F)(F)F)cc2)C(=O)O)c1. The van der Waals surface area contributed by atoms with Crippen LogP contribution in [0.5, 0.6) is 0 Å². The number of aliphatic carboxylic acids is 1. The van der Waals surface area contributed by atoms with Gasteiger partial charge in [-0.3, -0.25) is 4.79 Å². The van der Waals surface area contributed by atoms with Crippen molar-refractivity contribution >= 4 is 11.9 Å². The summed E-state index contributed by atoms with van der Waals surface area (Å²) in [6, 6.07) is 9.67. The van der Waals surface area contributed by atoms with Crippen LogP contribution in [0.25, 0.3) is 0 Å². The number of carbonyl (C=O) groups is 2. The molecule has 1 amide bonds. The first-order valence-corrected chi connectivity index (χ1v) is 7.41. The number of halogens is 3. The first kappa shape index (κ1) is 18.5. The molecule has 0 saturated heterocycles. The molecule has 2 rings (SSSR count). The molecule has 0 aliphatic carbocycles. The largest absolute Gasteiger partial charge is 0.479 e. The van der Waals surface area contributed by atoms with Gasteiger partial charge in [0.25, 0.3) is 0 Å². The number of hydrogen-bond donors (Lipinski definition) is 2. The van der Waals surface area contributed by atoms with E-state index in [1.54, 1.807) is 31.2 Å². The summed E-state index contributed by atoms with van der Waals surface area (Å²) < 4.78 is 37.6. The van der Waals surface area contributed by atoms with Gasteiger partial charge < -0.3 is 10.4 Å². The lowest BCUT2D eigenvalue weighted by atomic mass is 10.0. The highest BCUT2D eigenvalue weighted by Gasteiger charge is 2.30. The van der Waals surface area contributed by atoms with Gasteiger partial charge in [-0.2, -0.15) is 13.2 Å². The number of rotatable bonds is 5. The fourth-order valence-electron chi connectivity index (χ4n) is 2.35. The van der Waals surface area contributed by atoms with Crippen LogP contribution in [0, 0.1) is 6.92 Å². The summed E-state index contributed by atoms with van der Waals surface area (Å²) in [5, 5.41) is 11.7. The Hall–Kier alpha value is -2.83. The summed E-state index contributed by atoms with van der Waals surface area (Å²) in [5.41, 5.74) is 0.827. The molecule has 0 heterocycles. The Morgan fingerprint density at radius 2 is 1.76 bits per heavy atom. The predicted octanol–water partition coefficient (Wildman–Crippen LogP) is 3.50. The van der Waals surface area contributed by atoms with Crippen LogP contribution in [0.4, 0.5) is 13.2 Å². The molecule has 0 fully saturated rings. The van der Waals surface area contributed by atoms with Crippen LogP contribution in [-0.4, -0.2) is 17.0 Å². The first-order valence-electron chi connectivity index (χ1n) is 7.41. The Balaban J connectivity index is 2.08. The maximum Gasteiger partial charge on any atom is 0.416 e. The average Bonchev–Trinajstić information content (AvgIpc) is 2.52. The van der Waals surface area contributed by atoms with Crippen LogP contribution >= 0.6 is 0 Å². The van der Waals surface area contributed by atoms with E-state index in [0.717, 1.165) is 17.7 Å². The van der Waals surface area contributed by atoms with E-state index in [1.165, 1.54) is 12.1 Å². The molecular formula is C18H16F3NO3. The molecule has 0 aliphatic heterocycles. The highest BCUT2D eigenvalue weighted by Crippen LogP contribution is 2.29. The van der Waals surface area contributed by atoms with Crippen molar-refractivity contribution in [3.8, 4) is 0 Å². The standard InChI is InChI=1S/C18H16F3NO3/c1-11-3-2-4-13(9-11)16(17(24)25)22-15(23)10-12-5-7-14(8-6-12)18(19,20)21/h2-9,16H,10H2,1H3,(H,22,23)(H,24,25). The van der Waals surface area contributed by atoms with Gasteiger partial charge in [-0.25, -0.2) is 4.79 Å². The van der Waals surface area contributed by atoms with Crippen molar-refractivity contribution in [1.29, 1.82) is 0 Å². The highest BCUT2D eigenvalue weighted by molar-refractivity contribution is 5.85.